The van der Waals surface area contributed by atoms with E-state index < -0.39 is 0 Å². The summed E-state index contributed by atoms with van der Waals surface area (Å²) in [6, 6.07) is 14.3. The molecule has 22 heavy (non-hydrogen) atoms. The zero-order valence-electron chi connectivity index (χ0n) is 12.1. The van der Waals surface area contributed by atoms with Gasteiger partial charge in [0.1, 0.15) is 19.1 Å². The van der Waals surface area contributed by atoms with E-state index >= 15 is 0 Å². The van der Waals surface area contributed by atoms with Gasteiger partial charge in [-0.05, 0) is 42.0 Å². The van der Waals surface area contributed by atoms with Gasteiger partial charge in [-0.15, -0.1) is 0 Å². The number of amides is 2. The summed E-state index contributed by atoms with van der Waals surface area (Å²) in [6.45, 7) is 0.617. The number of benzene rings is 2. The number of rotatable bonds is 6. The fourth-order valence-corrected chi connectivity index (χ4v) is 1.82. The van der Waals surface area contributed by atoms with Crippen molar-refractivity contribution in [2.45, 2.75) is 6.61 Å². The maximum Gasteiger partial charge on any atom is 0.321 e. The summed E-state index contributed by atoms with van der Waals surface area (Å²) >= 11 is 5.83. The maximum absolute atomic E-state index is 11.5. The van der Waals surface area contributed by atoms with Gasteiger partial charge >= 0.3 is 6.03 Å². The van der Waals surface area contributed by atoms with Crippen LogP contribution < -0.4 is 15.4 Å². The lowest BCUT2D eigenvalue weighted by atomic mass is 10.2. The SMILES string of the molecule is COCNC(=O)Nc1ccc(OCc2ccc(Cl)cc2)cc1. The highest BCUT2D eigenvalue weighted by atomic mass is 35.5. The lowest BCUT2D eigenvalue weighted by molar-refractivity contribution is 0.177. The number of anilines is 1. The molecule has 2 N–H and O–H groups in total. The van der Waals surface area contributed by atoms with E-state index in [1.807, 2.05) is 24.3 Å². The zero-order chi connectivity index (χ0) is 15.8. The number of halogens is 1. The van der Waals surface area contributed by atoms with Gasteiger partial charge in [-0.1, -0.05) is 23.7 Å². The van der Waals surface area contributed by atoms with Crippen LogP contribution in [0, 0.1) is 0 Å². The van der Waals surface area contributed by atoms with Gasteiger partial charge in [-0.3, -0.25) is 0 Å². The van der Waals surface area contributed by atoms with Gasteiger partial charge in [0.05, 0.1) is 0 Å². The van der Waals surface area contributed by atoms with Crippen molar-refractivity contribution in [3.05, 3.63) is 59.1 Å². The Morgan fingerprint density at radius 1 is 1.09 bits per heavy atom. The maximum atomic E-state index is 11.5. The second-order valence-electron chi connectivity index (χ2n) is 4.50. The molecule has 2 aromatic carbocycles. The van der Waals surface area contributed by atoms with Crippen LogP contribution in [0.1, 0.15) is 5.56 Å². The van der Waals surface area contributed by atoms with E-state index in [0.29, 0.717) is 17.3 Å². The van der Waals surface area contributed by atoms with Crippen LogP contribution in [0.5, 0.6) is 5.75 Å². The Balaban J connectivity index is 1.83. The van der Waals surface area contributed by atoms with Crippen LogP contribution in [-0.4, -0.2) is 19.9 Å². The summed E-state index contributed by atoms with van der Waals surface area (Å²) in [4.78, 5) is 11.5. The van der Waals surface area contributed by atoms with E-state index in [0.717, 1.165) is 11.3 Å². The number of ether oxygens (including phenoxy) is 2. The number of methoxy groups -OCH3 is 1. The Labute approximate surface area is 134 Å². The molecule has 0 saturated heterocycles. The van der Waals surface area contributed by atoms with Crippen LogP contribution in [-0.2, 0) is 11.3 Å². The Morgan fingerprint density at radius 2 is 1.77 bits per heavy atom. The minimum atomic E-state index is -0.323. The summed E-state index contributed by atoms with van der Waals surface area (Å²) in [6.07, 6.45) is 0. The van der Waals surface area contributed by atoms with Crippen LogP contribution in [0.15, 0.2) is 48.5 Å². The van der Waals surface area contributed by atoms with E-state index in [2.05, 4.69) is 10.6 Å². The molecular weight excluding hydrogens is 304 g/mol. The van der Waals surface area contributed by atoms with Gasteiger partial charge in [-0.25, -0.2) is 4.79 Å². The summed E-state index contributed by atoms with van der Waals surface area (Å²) in [7, 11) is 1.51. The van der Waals surface area contributed by atoms with Crippen LogP contribution in [0.4, 0.5) is 10.5 Å². The highest BCUT2D eigenvalue weighted by Crippen LogP contribution is 2.17. The first-order valence-corrected chi connectivity index (χ1v) is 7.06. The second kappa shape index (κ2) is 8.26. The number of hydrogen-bond acceptors (Lipinski definition) is 3. The molecule has 116 valence electrons. The average molecular weight is 321 g/mol. The number of nitrogens with one attached hydrogen (secondary N) is 2. The molecule has 0 fully saturated rings. The van der Waals surface area contributed by atoms with Crippen LogP contribution >= 0.6 is 11.6 Å². The molecule has 0 unspecified atom stereocenters. The zero-order valence-corrected chi connectivity index (χ0v) is 12.9. The van der Waals surface area contributed by atoms with Crippen molar-refractivity contribution in [3.63, 3.8) is 0 Å². The fraction of sp³-hybridized carbons (Fsp3) is 0.188. The minimum absolute atomic E-state index is 0.161. The number of urea groups is 1. The van der Waals surface area contributed by atoms with Gasteiger partial charge < -0.3 is 20.1 Å². The van der Waals surface area contributed by atoms with Gasteiger partial charge in [0.2, 0.25) is 0 Å². The molecule has 0 radical (unpaired) electrons. The monoisotopic (exact) mass is 320 g/mol. The molecule has 2 amide bonds. The van der Waals surface area contributed by atoms with Crippen molar-refractivity contribution in [2.24, 2.45) is 0 Å². The highest BCUT2D eigenvalue weighted by molar-refractivity contribution is 6.30. The van der Waals surface area contributed by atoms with E-state index in [9.17, 15) is 4.79 Å². The summed E-state index contributed by atoms with van der Waals surface area (Å²) < 4.78 is 10.4. The quantitative estimate of drug-likeness (QED) is 0.799. The molecule has 0 aliphatic carbocycles. The predicted molar refractivity (Wildman–Crippen MR) is 86.3 cm³/mol. The van der Waals surface area contributed by atoms with E-state index in [1.54, 1.807) is 24.3 Å². The molecule has 0 aliphatic rings. The van der Waals surface area contributed by atoms with Crippen molar-refractivity contribution >= 4 is 23.3 Å². The molecule has 6 heteroatoms. The van der Waals surface area contributed by atoms with E-state index in [4.69, 9.17) is 21.1 Å². The minimum Gasteiger partial charge on any atom is -0.489 e. The van der Waals surface area contributed by atoms with E-state index in [1.165, 1.54) is 7.11 Å². The van der Waals surface area contributed by atoms with Crippen LogP contribution in [0.25, 0.3) is 0 Å². The standard InChI is InChI=1S/C16H17ClN2O3/c1-21-11-18-16(20)19-14-6-8-15(9-7-14)22-10-12-2-4-13(17)5-3-12/h2-9H,10-11H2,1H3,(H2,18,19,20). The molecule has 0 atom stereocenters. The topological polar surface area (TPSA) is 59.6 Å². The van der Waals surface area contributed by atoms with Crippen molar-refractivity contribution in [1.29, 1.82) is 0 Å². The largest absolute Gasteiger partial charge is 0.489 e. The third-order valence-electron chi connectivity index (χ3n) is 2.81. The average Bonchev–Trinajstić information content (AvgIpc) is 2.54. The molecule has 0 heterocycles. The Hall–Kier alpha value is -2.24. The lowest BCUT2D eigenvalue weighted by Gasteiger charge is -2.09. The molecule has 5 nitrogen and oxygen atoms in total. The van der Waals surface area contributed by atoms with Crippen molar-refractivity contribution < 1.29 is 14.3 Å². The van der Waals surface area contributed by atoms with Crippen LogP contribution in [0.2, 0.25) is 5.02 Å². The lowest BCUT2D eigenvalue weighted by Crippen LogP contribution is -2.30. The number of carbonyl (C=O) groups excluding carboxylic acids is 1. The van der Waals surface area contributed by atoms with Gasteiger partial charge in [-0.2, -0.15) is 0 Å². The summed E-state index contributed by atoms with van der Waals surface area (Å²) in [5.41, 5.74) is 1.71. The first kappa shape index (κ1) is 16.1. The Morgan fingerprint density at radius 3 is 2.41 bits per heavy atom. The van der Waals surface area contributed by atoms with Gasteiger partial charge in [0.25, 0.3) is 0 Å². The summed E-state index contributed by atoms with van der Waals surface area (Å²) in [5.74, 6) is 0.720. The van der Waals surface area contributed by atoms with Gasteiger partial charge in [0, 0.05) is 17.8 Å². The number of carbonyl (C=O) groups is 1. The Bertz CT molecular complexity index is 600. The second-order valence-corrected chi connectivity index (χ2v) is 4.94. The molecule has 0 aromatic heterocycles. The number of hydrogen-bond donors (Lipinski definition) is 2. The molecule has 0 aliphatic heterocycles. The highest BCUT2D eigenvalue weighted by Gasteiger charge is 2.01. The van der Waals surface area contributed by atoms with Gasteiger partial charge in [0.15, 0.2) is 0 Å². The van der Waals surface area contributed by atoms with Crippen molar-refractivity contribution in [2.75, 3.05) is 19.2 Å². The third-order valence-corrected chi connectivity index (χ3v) is 3.06. The molecule has 2 rings (SSSR count). The molecular formula is C16H17ClN2O3. The first-order valence-electron chi connectivity index (χ1n) is 6.68. The molecule has 0 saturated carbocycles. The molecule has 0 bridgehead atoms. The fourth-order valence-electron chi connectivity index (χ4n) is 1.69. The smallest absolute Gasteiger partial charge is 0.321 e. The molecule has 2 aromatic rings. The molecule has 0 spiro atoms. The van der Waals surface area contributed by atoms with E-state index in [-0.39, 0.29) is 12.8 Å². The predicted octanol–water partition coefficient (Wildman–Crippen LogP) is 3.64. The van der Waals surface area contributed by atoms with Crippen molar-refractivity contribution in [1.82, 2.24) is 5.32 Å². The Kier molecular flexibility index (Phi) is 6.06. The third kappa shape index (κ3) is 5.27. The normalized spacial score (nSPS) is 10.1. The van der Waals surface area contributed by atoms with Crippen LogP contribution in [0.3, 0.4) is 0 Å². The first-order chi connectivity index (χ1) is 10.7. The summed E-state index contributed by atoms with van der Waals surface area (Å²) in [5, 5.41) is 5.92. The van der Waals surface area contributed by atoms with Crippen molar-refractivity contribution in [3.8, 4) is 5.75 Å².